The minimum Gasteiger partial charge on any atom is -0.495 e. The van der Waals surface area contributed by atoms with Gasteiger partial charge in [0.05, 0.1) is 22.8 Å². The van der Waals surface area contributed by atoms with E-state index in [4.69, 9.17) is 27.9 Å². The van der Waals surface area contributed by atoms with Crippen molar-refractivity contribution in [2.45, 2.75) is 6.92 Å². The van der Waals surface area contributed by atoms with Gasteiger partial charge < -0.3 is 15.4 Å². The molecule has 0 spiro atoms. The Balaban J connectivity index is 2.14. The Morgan fingerprint density at radius 2 is 1.80 bits per heavy atom. The highest BCUT2D eigenvalue weighted by molar-refractivity contribution is 6.42. The molecule has 0 bridgehead atoms. The molecular formula is C18H16Cl2N2O3. The summed E-state index contributed by atoms with van der Waals surface area (Å²) in [5, 5.41) is 6.22. The summed E-state index contributed by atoms with van der Waals surface area (Å²) in [6.45, 7) is 1.41. The maximum atomic E-state index is 12.1. The standard InChI is InChI=1S/C18H16Cl2N2O3/c1-11(23)21-13-5-7-17(25-2)16(10-13)22-18(24)8-4-12-3-6-14(19)15(20)9-12/h3-10H,1-2H3,(H,21,23)(H,22,24). The monoisotopic (exact) mass is 378 g/mol. The summed E-state index contributed by atoms with van der Waals surface area (Å²) in [5.74, 6) is -0.0864. The van der Waals surface area contributed by atoms with Gasteiger partial charge in [0.25, 0.3) is 0 Å². The second-order valence-electron chi connectivity index (χ2n) is 5.09. The first-order valence-electron chi connectivity index (χ1n) is 7.29. The Bertz CT molecular complexity index is 835. The first-order chi connectivity index (χ1) is 11.9. The predicted octanol–water partition coefficient (Wildman–Crippen LogP) is 4.61. The first-order valence-corrected chi connectivity index (χ1v) is 8.04. The molecule has 0 aliphatic rings. The lowest BCUT2D eigenvalue weighted by molar-refractivity contribution is -0.114. The van der Waals surface area contributed by atoms with Crippen LogP contribution >= 0.6 is 23.2 Å². The normalized spacial score (nSPS) is 10.6. The van der Waals surface area contributed by atoms with Crippen molar-refractivity contribution in [2.75, 3.05) is 17.7 Å². The third-order valence-corrected chi connectivity index (χ3v) is 3.89. The van der Waals surface area contributed by atoms with Gasteiger partial charge in [0, 0.05) is 18.7 Å². The van der Waals surface area contributed by atoms with Gasteiger partial charge in [0.2, 0.25) is 11.8 Å². The fourth-order valence-corrected chi connectivity index (χ4v) is 2.36. The molecule has 0 radical (unpaired) electrons. The van der Waals surface area contributed by atoms with Gasteiger partial charge in [0.15, 0.2) is 0 Å². The first kappa shape index (κ1) is 18.8. The van der Waals surface area contributed by atoms with Gasteiger partial charge in [-0.1, -0.05) is 29.3 Å². The highest BCUT2D eigenvalue weighted by atomic mass is 35.5. The van der Waals surface area contributed by atoms with Crippen LogP contribution in [-0.4, -0.2) is 18.9 Å². The van der Waals surface area contributed by atoms with Crippen molar-refractivity contribution >= 4 is 52.5 Å². The van der Waals surface area contributed by atoms with Crippen LogP contribution in [0.1, 0.15) is 12.5 Å². The van der Waals surface area contributed by atoms with E-state index in [1.54, 1.807) is 42.5 Å². The van der Waals surface area contributed by atoms with E-state index in [1.807, 2.05) is 0 Å². The van der Waals surface area contributed by atoms with E-state index < -0.39 is 0 Å². The van der Waals surface area contributed by atoms with Gasteiger partial charge in [-0.25, -0.2) is 0 Å². The molecule has 2 N–H and O–H groups in total. The molecule has 0 saturated carbocycles. The lowest BCUT2D eigenvalue weighted by Gasteiger charge is -2.11. The van der Waals surface area contributed by atoms with E-state index in [1.165, 1.54) is 20.1 Å². The molecule has 2 aromatic rings. The van der Waals surface area contributed by atoms with Gasteiger partial charge in [0.1, 0.15) is 5.75 Å². The van der Waals surface area contributed by atoms with E-state index in [0.29, 0.717) is 27.2 Å². The number of rotatable bonds is 5. The molecule has 7 heteroatoms. The van der Waals surface area contributed by atoms with E-state index in [2.05, 4.69) is 10.6 Å². The number of amides is 2. The van der Waals surface area contributed by atoms with Crippen LogP contribution in [0.5, 0.6) is 5.75 Å². The summed E-state index contributed by atoms with van der Waals surface area (Å²) in [6.07, 6.45) is 2.98. The number of benzene rings is 2. The zero-order chi connectivity index (χ0) is 18.4. The number of methoxy groups -OCH3 is 1. The van der Waals surface area contributed by atoms with Crippen molar-refractivity contribution in [3.63, 3.8) is 0 Å². The largest absolute Gasteiger partial charge is 0.495 e. The van der Waals surface area contributed by atoms with E-state index >= 15 is 0 Å². The zero-order valence-electron chi connectivity index (χ0n) is 13.6. The average molecular weight is 379 g/mol. The summed E-state index contributed by atoms with van der Waals surface area (Å²) >= 11 is 11.8. The molecule has 2 aromatic carbocycles. The molecule has 0 heterocycles. The number of halogens is 2. The fourth-order valence-electron chi connectivity index (χ4n) is 2.05. The number of carbonyl (C=O) groups is 2. The predicted molar refractivity (Wildman–Crippen MR) is 101 cm³/mol. The topological polar surface area (TPSA) is 67.4 Å². The number of ether oxygens (including phenoxy) is 1. The van der Waals surface area contributed by atoms with Crippen molar-refractivity contribution < 1.29 is 14.3 Å². The van der Waals surface area contributed by atoms with Gasteiger partial charge in [-0.15, -0.1) is 0 Å². The third-order valence-electron chi connectivity index (χ3n) is 3.15. The summed E-state index contributed by atoms with van der Waals surface area (Å²) in [5.41, 5.74) is 1.73. The van der Waals surface area contributed by atoms with Crippen molar-refractivity contribution in [1.29, 1.82) is 0 Å². The summed E-state index contributed by atoms with van der Waals surface area (Å²) in [6, 6.07) is 10.0. The third kappa shape index (κ3) is 5.52. The second kappa shape index (κ2) is 8.55. The molecule has 0 aliphatic carbocycles. The molecule has 0 aliphatic heterocycles. The highest BCUT2D eigenvalue weighted by Crippen LogP contribution is 2.28. The summed E-state index contributed by atoms with van der Waals surface area (Å²) < 4.78 is 5.21. The van der Waals surface area contributed by atoms with Crippen molar-refractivity contribution in [3.05, 3.63) is 58.1 Å². The van der Waals surface area contributed by atoms with Crippen molar-refractivity contribution in [3.8, 4) is 5.75 Å². The minimum absolute atomic E-state index is 0.207. The smallest absolute Gasteiger partial charge is 0.248 e. The molecule has 0 fully saturated rings. The molecule has 0 saturated heterocycles. The van der Waals surface area contributed by atoms with E-state index in [0.717, 1.165) is 5.56 Å². The Morgan fingerprint density at radius 1 is 1.04 bits per heavy atom. The summed E-state index contributed by atoms with van der Waals surface area (Å²) in [7, 11) is 1.49. The molecule has 0 unspecified atom stereocenters. The van der Waals surface area contributed by atoms with Crippen LogP contribution < -0.4 is 15.4 Å². The second-order valence-corrected chi connectivity index (χ2v) is 5.91. The Hall–Kier alpha value is -2.50. The quantitative estimate of drug-likeness (QED) is 0.746. The van der Waals surface area contributed by atoms with Gasteiger partial charge >= 0.3 is 0 Å². The molecule has 130 valence electrons. The molecule has 0 atom stereocenters. The fraction of sp³-hybridized carbons (Fsp3) is 0.111. The number of hydrogen-bond acceptors (Lipinski definition) is 3. The maximum absolute atomic E-state index is 12.1. The summed E-state index contributed by atoms with van der Waals surface area (Å²) in [4.78, 5) is 23.3. The van der Waals surface area contributed by atoms with Gasteiger partial charge in [-0.3, -0.25) is 9.59 Å². The number of nitrogens with one attached hydrogen (secondary N) is 2. The highest BCUT2D eigenvalue weighted by Gasteiger charge is 2.08. The van der Waals surface area contributed by atoms with Crippen LogP contribution in [0.3, 0.4) is 0 Å². The van der Waals surface area contributed by atoms with E-state index in [-0.39, 0.29) is 11.8 Å². The lowest BCUT2D eigenvalue weighted by atomic mass is 10.2. The zero-order valence-corrected chi connectivity index (χ0v) is 15.1. The number of hydrogen-bond donors (Lipinski definition) is 2. The maximum Gasteiger partial charge on any atom is 0.248 e. The van der Waals surface area contributed by atoms with Crippen LogP contribution in [0, 0.1) is 0 Å². The number of anilines is 2. The molecular weight excluding hydrogens is 363 g/mol. The molecule has 25 heavy (non-hydrogen) atoms. The lowest BCUT2D eigenvalue weighted by Crippen LogP contribution is -2.10. The SMILES string of the molecule is COc1ccc(NC(C)=O)cc1NC(=O)C=Cc1ccc(Cl)c(Cl)c1. The Morgan fingerprint density at radius 3 is 2.44 bits per heavy atom. The van der Waals surface area contributed by atoms with Crippen LogP contribution in [-0.2, 0) is 9.59 Å². The molecule has 2 rings (SSSR count). The van der Waals surface area contributed by atoms with Crippen LogP contribution in [0.25, 0.3) is 6.08 Å². The van der Waals surface area contributed by atoms with Crippen LogP contribution in [0.2, 0.25) is 10.0 Å². The molecule has 0 aromatic heterocycles. The minimum atomic E-state index is -0.357. The molecule has 5 nitrogen and oxygen atoms in total. The number of carbonyl (C=O) groups excluding carboxylic acids is 2. The van der Waals surface area contributed by atoms with E-state index in [9.17, 15) is 9.59 Å². The molecule has 2 amide bonds. The Kier molecular flexibility index (Phi) is 6.44. The van der Waals surface area contributed by atoms with Gasteiger partial charge in [-0.05, 0) is 42.0 Å². The average Bonchev–Trinajstić information content (AvgIpc) is 2.56. The van der Waals surface area contributed by atoms with Crippen molar-refractivity contribution in [2.24, 2.45) is 0 Å². The van der Waals surface area contributed by atoms with Gasteiger partial charge in [-0.2, -0.15) is 0 Å². The van der Waals surface area contributed by atoms with Crippen molar-refractivity contribution in [1.82, 2.24) is 0 Å². The Labute approximate surface area is 155 Å². The van der Waals surface area contributed by atoms with Crippen LogP contribution in [0.15, 0.2) is 42.5 Å². The van der Waals surface area contributed by atoms with Crippen LogP contribution in [0.4, 0.5) is 11.4 Å².